The number of rotatable bonds is 6. The van der Waals surface area contributed by atoms with Gasteiger partial charge in [0.2, 0.25) is 16.0 Å². The molecule has 1 heterocycles. The van der Waals surface area contributed by atoms with E-state index in [0.717, 1.165) is 13.8 Å². The lowest BCUT2D eigenvalue weighted by Gasteiger charge is -2.42. The van der Waals surface area contributed by atoms with Gasteiger partial charge in [-0.2, -0.15) is 0 Å². The fourth-order valence-corrected chi connectivity index (χ4v) is 2.61. The summed E-state index contributed by atoms with van der Waals surface area (Å²) in [5, 5.41) is 9.86. The van der Waals surface area contributed by atoms with E-state index < -0.39 is 75.4 Å². The number of alkyl halides is 7. The van der Waals surface area contributed by atoms with Gasteiger partial charge in [-0.05, 0) is 0 Å². The monoisotopic (exact) mass is 582 g/mol. The van der Waals surface area contributed by atoms with Gasteiger partial charge in [-0.15, -0.1) is 0 Å². The molecule has 0 unspecified atom stereocenters. The van der Waals surface area contributed by atoms with Crippen molar-refractivity contribution in [3.63, 3.8) is 0 Å². The lowest BCUT2D eigenvalue weighted by atomic mass is 9.98. The van der Waals surface area contributed by atoms with Crippen LogP contribution in [0.25, 0.3) is 0 Å². The minimum atomic E-state index is -2.36. The Hall–Kier alpha value is -0.690. The summed E-state index contributed by atoms with van der Waals surface area (Å²) in [6.45, 7) is 0.719. The quantitative estimate of drug-likeness (QED) is 0.160. The first-order valence-electron chi connectivity index (χ1n) is 8.43. The Morgan fingerprint density at radius 3 is 2.09 bits per heavy atom. The molecule has 184 valence electrons. The van der Waals surface area contributed by atoms with Crippen molar-refractivity contribution in [3.8, 4) is 0 Å². The van der Waals surface area contributed by atoms with E-state index in [1.807, 2.05) is 0 Å². The maximum Gasteiger partial charge on any atom is 0.407 e. The average Bonchev–Trinajstić information content (AvgIpc) is 2.62. The molecule has 1 amide bonds. The fourth-order valence-electron chi connectivity index (χ4n) is 2.32. The Morgan fingerprint density at radius 2 is 1.62 bits per heavy atom. The molecule has 0 radical (unpaired) electrons. The van der Waals surface area contributed by atoms with Gasteiger partial charge in [0.15, 0.2) is 12.3 Å². The summed E-state index contributed by atoms with van der Waals surface area (Å²) < 4.78 is 35.7. The van der Waals surface area contributed by atoms with Crippen LogP contribution in [-0.2, 0) is 33.3 Å². The molecule has 0 bridgehead atoms. The summed E-state index contributed by atoms with van der Waals surface area (Å²) in [6.07, 6.45) is -8.47. The molecule has 0 spiro atoms. The Labute approximate surface area is 211 Å². The molecule has 2 N–H and O–H groups in total. The lowest BCUT2D eigenvalue weighted by Crippen LogP contribution is -2.65. The van der Waals surface area contributed by atoms with E-state index in [9.17, 15) is 14.4 Å². The molecule has 0 aliphatic carbocycles. The van der Waals surface area contributed by atoms with E-state index >= 15 is 4.39 Å². The highest BCUT2D eigenvalue weighted by atomic mass is 35.6. The molecule has 32 heavy (non-hydrogen) atoms. The van der Waals surface area contributed by atoms with Gasteiger partial charge >= 0.3 is 18.0 Å². The first-order valence-corrected chi connectivity index (χ1v) is 10.7. The van der Waals surface area contributed by atoms with E-state index in [1.165, 1.54) is 0 Å². The molecule has 17 heteroatoms. The third kappa shape index (κ3) is 10.1. The van der Waals surface area contributed by atoms with Crippen LogP contribution in [0, 0.1) is 5.41 Å². The SMILES string of the molecule is CC(=O)OC[C@H]1O[C@@H](OC(=N)C(Cl)(Cl)Cl)[C@H](NC(=O)OCC(Cl)(Cl)Cl)[C@@H](OC(C)=O)[C@@H]1F. The Kier molecular flexibility index (Phi) is 11.1. The largest absolute Gasteiger partial charge is 0.463 e. The normalized spacial score (nSPS) is 26.0. The van der Waals surface area contributed by atoms with Gasteiger partial charge in [-0.3, -0.25) is 15.0 Å². The van der Waals surface area contributed by atoms with Crippen molar-refractivity contribution in [3.05, 3.63) is 0 Å². The molecule has 0 saturated carbocycles. The zero-order chi connectivity index (χ0) is 24.9. The number of ether oxygens (including phenoxy) is 5. The zero-order valence-corrected chi connectivity index (χ0v) is 20.7. The van der Waals surface area contributed by atoms with Crippen LogP contribution in [0.3, 0.4) is 0 Å². The third-order valence-electron chi connectivity index (χ3n) is 3.52. The number of carbonyl (C=O) groups is 3. The molecule has 1 fully saturated rings. The molecule has 0 aromatic rings. The molecule has 1 aliphatic heterocycles. The van der Waals surface area contributed by atoms with Crippen LogP contribution < -0.4 is 5.32 Å². The van der Waals surface area contributed by atoms with Crippen LogP contribution in [-0.4, -0.2) is 75.4 Å². The van der Waals surface area contributed by atoms with Crippen LogP contribution in [0.4, 0.5) is 9.18 Å². The number of alkyl carbamates (subject to hydrolysis) is 1. The van der Waals surface area contributed by atoms with Crippen LogP contribution in [0.5, 0.6) is 0 Å². The minimum Gasteiger partial charge on any atom is -0.463 e. The fraction of sp³-hybridized carbons (Fsp3) is 0.733. The molecular weight excluding hydrogens is 568 g/mol. The number of esters is 2. The summed E-state index contributed by atoms with van der Waals surface area (Å²) in [5.74, 6) is -2.67. The maximum atomic E-state index is 15.1. The smallest absolute Gasteiger partial charge is 0.407 e. The van der Waals surface area contributed by atoms with Crippen molar-refractivity contribution < 1.29 is 42.5 Å². The number of hydrogen-bond donors (Lipinski definition) is 2. The molecular formula is C15H17Cl6FN2O8. The third-order valence-corrected chi connectivity index (χ3v) is 4.36. The molecule has 1 aliphatic rings. The van der Waals surface area contributed by atoms with Gasteiger partial charge in [-0.1, -0.05) is 69.6 Å². The van der Waals surface area contributed by atoms with Gasteiger partial charge < -0.3 is 29.0 Å². The number of carbonyl (C=O) groups excluding carboxylic acids is 3. The summed E-state index contributed by atoms with van der Waals surface area (Å²) in [4.78, 5) is 34.8. The number of nitrogens with one attached hydrogen (secondary N) is 2. The Morgan fingerprint density at radius 1 is 1.03 bits per heavy atom. The van der Waals surface area contributed by atoms with E-state index in [1.54, 1.807) is 0 Å². The Bertz CT molecular complexity index is 719. The molecule has 0 aromatic carbocycles. The van der Waals surface area contributed by atoms with E-state index in [2.05, 4.69) is 5.32 Å². The molecule has 1 saturated heterocycles. The van der Waals surface area contributed by atoms with E-state index in [4.69, 9.17) is 98.7 Å². The van der Waals surface area contributed by atoms with Gasteiger partial charge in [-0.25, -0.2) is 9.18 Å². The molecule has 1 rings (SSSR count). The number of hydrogen-bond acceptors (Lipinski definition) is 9. The van der Waals surface area contributed by atoms with Crippen molar-refractivity contribution in [2.24, 2.45) is 0 Å². The van der Waals surface area contributed by atoms with Crippen molar-refractivity contribution in [2.75, 3.05) is 13.2 Å². The van der Waals surface area contributed by atoms with Crippen molar-refractivity contribution in [1.29, 1.82) is 5.41 Å². The number of halogens is 7. The van der Waals surface area contributed by atoms with E-state index in [0.29, 0.717) is 0 Å². The van der Waals surface area contributed by atoms with Gasteiger partial charge in [0.05, 0.1) is 0 Å². The topological polar surface area (TPSA) is 133 Å². The zero-order valence-electron chi connectivity index (χ0n) is 16.2. The highest BCUT2D eigenvalue weighted by Gasteiger charge is 2.52. The molecule has 5 atom stereocenters. The predicted molar refractivity (Wildman–Crippen MR) is 113 cm³/mol. The average molecular weight is 585 g/mol. The second-order valence-corrected chi connectivity index (χ2v) is 11.0. The maximum absolute atomic E-state index is 15.1. The molecule has 10 nitrogen and oxygen atoms in total. The first kappa shape index (κ1) is 29.3. The highest BCUT2D eigenvalue weighted by Crippen LogP contribution is 2.32. The highest BCUT2D eigenvalue weighted by molar-refractivity contribution is 6.76. The lowest BCUT2D eigenvalue weighted by molar-refractivity contribution is -0.242. The van der Waals surface area contributed by atoms with Crippen LogP contribution >= 0.6 is 69.6 Å². The van der Waals surface area contributed by atoms with Crippen LogP contribution in [0.2, 0.25) is 0 Å². The standard InChI is InChI=1S/C15H17Cl6FN2O8/c1-5(25)28-3-7-8(22)10(30-6(2)26)9(24-13(27)29-4-14(16,17)18)11(31-7)32-12(23)15(19,20)21/h7-11,23H,3-4H2,1-2H3,(H,24,27)/t7-,8-,9-,10+,11+/m1/s1. The van der Waals surface area contributed by atoms with Crippen molar-refractivity contribution in [2.45, 2.75) is 52.1 Å². The van der Waals surface area contributed by atoms with E-state index in [-0.39, 0.29) is 0 Å². The minimum absolute atomic E-state index is 0.625. The summed E-state index contributed by atoms with van der Waals surface area (Å²) in [6, 6.07) is -1.64. The van der Waals surface area contributed by atoms with Crippen LogP contribution in [0.1, 0.15) is 13.8 Å². The van der Waals surface area contributed by atoms with Crippen LogP contribution in [0.15, 0.2) is 0 Å². The summed E-state index contributed by atoms with van der Waals surface area (Å²) >= 11 is 33.3. The summed E-state index contributed by atoms with van der Waals surface area (Å²) in [5.41, 5.74) is 0. The summed E-state index contributed by atoms with van der Waals surface area (Å²) in [7, 11) is 0. The van der Waals surface area contributed by atoms with Gasteiger partial charge in [0, 0.05) is 13.8 Å². The van der Waals surface area contributed by atoms with Crippen molar-refractivity contribution in [1.82, 2.24) is 5.32 Å². The van der Waals surface area contributed by atoms with Crippen molar-refractivity contribution >= 4 is 93.5 Å². The Balaban J connectivity index is 3.20. The second kappa shape index (κ2) is 12.1. The molecule has 0 aromatic heterocycles. The van der Waals surface area contributed by atoms with Gasteiger partial charge in [0.25, 0.3) is 3.79 Å². The predicted octanol–water partition coefficient (Wildman–Crippen LogP) is 3.37. The number of amides is 1. The van der Waals surface area contributed by atoms with Gasteiger partial charge in [0.1, 0.15) is 25.4 Å². The second-order valence-electron chi connectivity index (χ2n) is 6.17. The first-order chi connectivity index (χ1) is 14.5.